The molecule has 1 aliphatic carbocycles. The summed E-state index contributed by atoms with van der Waals surface area (Å²) in [5, 5.41) is 3.81. The van der Waals surface area contributed by atoms with Crippen LogP contribution in [0.5, 0.6) is 0 Å². The van der Waals surface area contributed by atoms with Gasteiger partial charge in [-0.1, -0.05) is 25.7 Å². The Hall–Kier alpha value is -0.520. The highest BCUT2D eigenvalue weighted by Crippen LogP contribution is 2.33. The topological polar surface area (TPSA) is 15.3 Å². The zero-order valence-corrected chi connectivity index (χ0v) is 10.7. The largest absolute Gasteiger partial charge is 0.308 e. The van der Waals surface area contributed by atoms with Gasteiger partial charge in [-0.2, -0.15) is 0 Å². The predicted molar refractivity (Wildman–Crippen MR) is 68.3 cm³/mol. The highest BCUT2D eigenvalue weighted by atomic mass is 15.2. The molecule has 1 heterocycles. The van der Waals surface area contributed by atoms with E-state index >= 15 is 0 Å². The summed E-state index contributed by atoms with van der Waals surface area (Å²) < 4.78 is 0. The molecule has 1 spiro atoms. The first kappa shape index (κ1) is 12.0. The Morgan fingerprint density at radius 3 is 2.75 bits per heavy atom. The molecule has 0 amide bonds. The molecule has 0 bridgehead atoms. The molecule has 0 aromatic rings. The first-order valence-corrected chi connectivity index (χ1v) is 6.68. The molecule has 1 saturated carbocycles. The second-order valence-corrected chi connectivity index (χ2v) is 5.26. The van der Waals surface area contributed by atoms with Gasteiger partial charge in [0.25, 0.3) is 0 Å². The van der Waals surface area contributed by atoms with Gasteiger partial charge in [-0.05, 0) is 26.2 Å². The standard InChI is InChI=1S/C14H24N2/c1-3-5-10-16-12-14(8-6-7-9-14)15-11-13(16)4-2/h13,15H,4,6-12H2,1-2H3. The smallest absolute Gasteiger partial charge is 0.0604 e. The average molecular weight is 220 g/mol. The van der Waals surface area contributed by atoms with Crippen molar-refractivity contribution in [1.29, 1.82) is 0 Å². The quantitative estimate of drug-likeness (QED) is 0.716. The van der Waals surface area contributed by atoms with Crippen molar-refractivity contribution < 1.29 is 0 Å². The molecule has 1 saturated heterocycles. The van der Waals surface area contributed by atoms with Crippen molar-refractivity contribution in [2.45, 2.75) is 57.5 Å². The zero-order valence-electron chi connectivity index (χ0n) is 10.7. The van der Waals surface area contributed by atoms with Crippen LogP contribution in [0.2, 0.25) is 0 Å². The van der Waals surface area contributed by atoms with Gasteiger partial charge >= 0.3 is 0 Å². The van der Waals surface area contributed by atoms with Gasteiger partial charge in [0.15, 0.2) is 0 Å². The lowest BCUT2D eigenvalue weighted by molar-refractivity contribution is 0.0911. The van der Waals surface area contributed by atoms with Crippen molar-refractivity contribution in [3.8, 4) is 11.8 Å². The minimum atomic E-state index is 0.432. The normalized spacial score (nSPS) is 29.0. The number of hydrogen-bond acceptors (Lipinski definition) is 2. The molecule has 90 valence electrons. The van der Waals surface area contributed by atoms with Gasteiger partial charge < -0.3 is 5.32 Å². The summed E-state index contributed by atoms with van der Waals surface area (Å²) in [4.78, 5) is 2.60. The van der Waals surface area contributed by atoms with E-state index in [-0.39, 0.29) is 0 Å². The Balaban J connectivity index is 2.01. The van der Waals surface area contributed by atoms with E-state index in [0.29, 0.717) is 11.6 Å². The lowest BCUT2D eigenvalue weighted by Gasteiger charge is -2.45. The van der Waals surface area contributed by atoms with E-state index in [0.717, 1.165) is 13.1 Å². The molecule has 2 fully saturated rings. The Morgan fingerprint density at radius 2 is 2.12 bits per heavy atom. The van der Waals surface area contributed by atoms with Crippen LogP contribution < -0.4 is 5.32 Å². The van der Waals surface area contributed by atoms with Crippen LogP contribution in [-0.4, -0.2) is 36.1 Å². The third kappa shape index (κ3) is 2.42. The fourth-order valence-electron chi connectivity index (χ4n) is 3.19. The third-order valence-corrected chi connectivity index (χ3v) is 4.23. The monoisotopic (exact) mass is 220 g/mol. The molecule has 16 heavy (non-hydrogen) atoms. The van der Waals surface area contributed by atoms with E-state index in [1.165, 1.54) is 38.6 Å². The second-order valence-electron chi connectivity index (χ2n) is 5.26. The van der Waals surface area contributed by atoms with E-state index in [1.54, 1.807) is 0 Å². The van der Waals surface area contributed by atoms with Crippen LogP contribution in [0.15, 0.2) is 0 Å². The van der Waals surface area contributed by atoms with E-state index in [2.05, 4.69) is 29.0 Å². The number of hydrogen-bond donors (Lipinski definition) is 1. The van der Waals surface area contributed by atoms with E-state index in [4.69, 9.17) is 0 Å². The molecule has 0 aromatic heterocycles. The van der Waals surface area contributed by atoms with Gasteiger partial charge in [-0.25, -0.2) is 0 Å². The van der Waals surface area contributed by atoms with Gasteiger partial charge in [0.05, 0.1) is 6.54 Å². The molecule has 0 aromatic carbocycles. The van der Waals surface area contributed by atoms with Gasteiger partial charge in [-0.3, -0.25) is 4.90 Å². The second kappa shape index (κ2) is 5.21. The summed E-state index contributed by atoms with van der Waals surface area (Å²) in [6, 6.07) is 0.687. The first-order valence-electron chi connectivity index (χ1n) is 6.68. The number of rotatable bonds is 2. The summed E-state index contributed by atoms with van der Waals surface area (Å²) in [7, 11) is 0. The molecule has 2 rings (SSSR count). The van der Waals surface area contributed by atoms with Crippen LogP contribution in [-0.2, 0) is 0 Å². The average Bonchev–Trinajstić information content (AvgIpc) is 2.75. The molecule has 1 aliphatic heterocycles. The maximum absolute atomic E-state index is 3.81. The van der Waals surface area contributed by atoms with Crippen molar-refractivity contribution >= 4 is 0 Å². The molecule has 1 unspecified atom stereocenters. The Bertz CT molecular complexity index is 281. The lowest BCUT2D eigenvalue weighted by atomic mass is 9.91. The summed E-state index contributed by atoms with van der Waals surface area (Å²) in [5.74, 6) is 6.26. The maximum Gasteiger partial charge on any atom is 0.0604 e. The van der Waals surface area contributed by atoms with E-state index < -0.39 is 0 Å². The van der Waals surface area contributed by atoms with Crippen LogP contribution in [0.25, 0.3) is 0 Å². The first-order chi connectivity index (χ1) is 7.79. The summed E-state index contributed by atoms with van der Waals surface area (Å²) >= 11 is 0. The minimum absolute atomic E-state index is 0.432. The SMILES string of the molecule is CC#CCN1CC2(CCCC2)NCC1CC. The molecule has 1 N–H and O–H groups in total. The van der Waals surface area contributed by atoms with Gasteiger partial charge in [0.1, 0.15) is 0 Å². The Kier molecular flexibility index (Phi) is 3.89. The van der Waals surface area contributed by atoms with Crippen molar-refractivity contribution in [3.05, 3.63) is 0 Å². The molecule has 1 atom stereocenters. The fourth-order valence-corrected chi connectivity index (χ4v) is 3.19. The lowest BCUT2D eigenvalue weighted by Crippen LogP contribution is -2.62. The van der Waals surface area contributed by atoms with E-state index in [9.17, 15) is 0 Å². The molecule has 2 heteroatoms. The predicted octanol–water partition coefficient (Wildman–Crippen LogP) is 2.01. The zero-order chi connectivity index (χ0) is 11.4. The number of nitrogens with one attached hydrogen (secondary N) is 1. The Labute approximate surface area is 99.8 Å². The van der Waals surface area contributed by atoms with Crippen molar-refractivity contribution in [2.24, 2.45) is 0 Å². The van der Waals surface area contributed by atoms with Crippen molar-refractivity contribution in [2.75, 3.05) is 19.6 Å². The van der Waals surface area contributed by atoms with Crippen LogP contribution in [0.1, 0.15) is 46.0 Å². The summed E-state index contributed by atoms with van der Waals surface area (Å²) in [6.07, 6.45) is 6.75. The van der Waals surface area contributed by atoms with Crippen LogP contribution in [0.4, 0.5) is 0 Å². The fraction of sp³-hybridized carbons (Fsp3) is 0.857. The van der Waals surface area contributed by atoms with Crippen LogP contribution in [0.3, 0.4) is 0 Å². The molecule has 2 nitrogen and oxygen atoms in total. The highest BCUT2D eigenvalue weighted by molar-refractivity contribution is 5.05. The van der Waals surface area contributed by atoms with Crippen molar-refractivity contribution in [3.63, 3.8) is 0 Å². The molecule has 0 radical (unpaired) electrons. The van der Waals surface area contributed by atoms with Crippen LogP contribution >= 0.6 is 0 Å². The molecule has 2 aliphatic rings. The number of piperazine rings is 1. The minimum Gasteiger partial charge on any atom is -0.308 e. The molecular formula is C14H24N2. The summed E-state index contributed by atoms with van der Waals surface area (Å²) in [5.41, 5.74) is 0.432. The van der Waals surface area contributed by atoms with Crippen LogP contribution in [0, 0.1) is 11.8 Å². The Morgan fingerprint density at radius 1 is 1.38 bits per heavy atom. The van der Waals surface area contributed by atoms with Crippen molar-refractivity contribution in [1.82, 2.24) is 10.2 Å². The van der Waals surface area contributed by atoms with Gasteiger partial charge in [-0.15, -0.1) is 5.92 Å². The highest BCUT2D eigenvalue weighted by Gasteiger charge is 2.40. The summed E-state index contributed by atoms with van der Waals surface area (Å²) in [6.45, 7) is 7.54. The third-order valence-electron chi connectivity index (χ3n) is 4.23. The number of nitrogens with zero attached hydrogens (tertiary/aromatic N) is 1. The van der Waals surface area contributed by atoms with Gasteiger partial charge in [0.2, 0.25) is 0 Å². The van der Waals surface area contributed by atoms with E-state index in [1.807, 2.05) is 6.92 Å². The molecular weight excluding hydrogens is 196 g/mol. The van der Waals surface area contributed by atoms with Gasteiger partial charge in [0, 0.05) is 24.7 Å². The maximum atomic E-state index is 3.81.